The van der Waals surface area contributed by atoms with Crippen molar-refractivity contribution in [2.24, 2.45) is 5.73 Å². The topological polar surface area (TPSA) is 67.1 Å². The van der Waals surface area contributed by atoms with Crippen molar-refractivity contribution in [3.8, 4) is 0 Å². The smallest absolute Gasteiger partial charge is 0.159 e. The molecule has 1 saturated heterocycles. The third-order valence-corrected chi connectivity index (χ3v) is 2.94. The Balaban J connectivity index is 2.12. The predicted molar refractivity (Wildman–Crippen MR) is 67.4 cm³/mol. The van der Waals surface area contributed by atoms with Crippen molar-refractivity contribution in [2.75, 3.05) is 25.5 Å². The fourth-order valence-corrected chi connectivity index (χ4v) is 2.05. The van der Waals surface area contributed by atoms with E-state index in [1.165, 1.54) is 0 Å². The fourth-order valence-electron chi connectivity index (χ4n) is 1.88. The molecule has 0 spiro atoms. The van der Waals surface area contributed by atoms with E-state index in [0.717, 1.165) is 25.1 Å². The van der Waals surface area contributed by atoms with E-state index in [-0.39, 0.29) is 0 Å². The molecule has 1 unspecified atom stereocenters. The van der Waals surface area contributed by atoms with Gasteiger partial charge in [-0.05, 0) is 26.1 Å². The van der Waals surface area contributed by atoms with Gasteiger partial charge >= 0.3 is 0 Å². The highest BCUT2D eigenvalue weighted by Gasteiger charge is 2.20. The third kappa shape index (κ3) is 2.45. The number of thiocarbonyl (C=S) groups is 1. The number of hydrogen-bond donors (Lipinski definition) is 2. The molecular formula is C10H15N5S. The second kappa shape index (κ2) is 4.71. The summed E-state index contributed by atoms with van der Waals surface area (Å²) in [5, 5.41) is 11.2. The highest BCUT2D eigenvalue weighted by Crippen LogP contribution is 2.15. The van der Waals surface area contributed by atoms with Crippen LogP contribution in [0.3, 0.4) is 0 Å². The molecule has 2 rings (SSSR count). The second-order valence-corrected chi connectivity index (χ2v) is 4.49. The van der Waals surface area contributed by atoms with E-state index in [4.69, 9.17) is 18.0 Å². The summed E-state index contributed by atoms with van der Waals surface area (Å²) in [4.78, 5) is 2.62. The van der Waals surface area contributed by atoms with E-state index in [0.29, 0.717) is 16.8 Å². The zero-order valence-corrected chi connectivity index (χ0v) is 10.00. The Morgan fingerprint density at radius 2 is 2.50 bits per heavy atom. The van der Waals surface area contributed by atoms with Gasteiger partial charge in [-0.2, -0.15) is 5.10 Å². The van der Waals surface area contributed by atoms with E-state index >= 15 is 0 Å². The number of nitrogens with one attached hydrogen (secondary N) is 1. The van der Waals surface area contributed by atoms with Gasteiger partial charge in [-0.1, -0.05) is 12.2 Å². The van der Waals surface area contributed by atoms with Gasteiger partial charge in [-0.25, -0.2) is 0 Å². The van der Waals surface area contributed by atoms with Crippen LogP contribution in [-0.4, -0.2) is 46.3 Å². The summed E-state index contributed by atoms with van der Waals surface area (Å²) in [5.41, 5.74) is 6.39. The molecule has 0 bridgehead atoms. The molecule has 0 radical (unpaired) electrons. The lowest BCUT2D eigenvalue weighted by Gasteiger charge is -2.15. The van der Waals surface area contributed by atoms with Gasteiger partial charge in [0.15, 0.2) is 5.82 Å². The number of aromatic nitrogens is 2. The Kier molecular flexibility index (Phi) is 3.31. The van der Waals surface area contributed by atoms with Crippen LogP contribution in [-0.2, 0) is 0 Å². The number of likely N-dealkylation sites (tertiary alicyclic amines) is 1. The van der Waals surface area contributed by atoms with Crippen LogP contribution in [0.1, 0.15) is 12.0 Å². The summed E-state index contributed by atoms with van der Waals surface area (Å²) in [6, 6.07) is 2.19. The molecule has 1 aliphatic rings. The fraction of sp³-hybridized carbons (Fsp3) is 0.500. The Hall–Kier alpha value is -1.27. The number of likely N-dealkylation sites (N-methyl/N-ethyl adjacent to an activating group) is 1. The molecule has 16 heavy (non-hydrogen) atoms. The summed E-state index contributed by atoms with van der Waals surface area (Å²) in [5.74, 6) is 0.690. The standard InChI is InChI=1S/C10H15N5S/c1-15-5-3-7(6-15)13-10-8(9(11)16)2-4-12-14-10/h2,4,7H,3,5-6H2,1H3,(H2,11,16)(H,13,14). The Bertz CT molecular complexity index is 395. The molecule has 1 fully saturated rings. The molecule has 0 amide bonds. The summed E-state index contributed by atoms with van der Waals surface area (Å²) >= 11 is 4.97. The summed E-state index contributed by atoms with van der Waals surface area (Å²) in [6.45, 7) is 2.10. The average Bonchev–Trinajstić information content (AvgIpc) is 2.64. The van der Waals surface area contributed by atoms with Crippen molar-refractivity contribution in [3.63, 3.8) is 0 Å². The SMILES string of the molecule is CN1CCC(Nc2nnccc2C(N)=S)C1. The van der Waals surface area contributed by atoms with Crippen LogP contribution in [0, 0.1) is 0 Å². The molecule has 3 N–H and O–H groups in total. The maximum atomic E-state index is 5.63. The number of anilines is 1. The monoisotopic (exact) mass is 237 g/mol. The molecule has 0 saturated carbocycles. The first kappa shape index (κ1) is 11.2. The van der Waals surface area contributed by atoms with Crippen molar-refractivity contribution in [2.45, 2.75) is 12.5 Å². The minimum atomic E-state index is 0.351. The van der Waals surface area contributed by atoms with Crippen LogP contribution in [0.15, 0.2) is 12.3 Å². The number of hydrogen-bond acceptors (Lipinski definition) is 5. The summed E-state index contributed by atoms with van der Waals surface area (Å²) in [6.07, 6.45) is 2.70. The van der Waals surface area contributed by atoms with Gasteiger partial charge in [0.25, 0.3) is 0 Å². The van der Waals surface area contributed by atoms with Crippen LogP contribution in [0.5, 0.6) is 0 Å². The maximum Gasteiger partial charge on any atom is 0.159 e. The average molecular weight is 237 g/mol. The summed E-state index contributed by atoms with van der Waals surface area (Å²) < 4.78 is 0. The molecular weight excluding hydrogens is 222 g/mol. The zero-order chi connectivity index (χ0) is 11.5. The molecule has 6 heteroatoms. The van der Waals surface area contributed by atoms with Gasteiger partial charge in [0.05, 0.1) is 11.8 Å². The van der Waals surface area contributed by atoms with Crippen LogP contribution in [0.2, 0.25) is 0 Å². The van der Waals surface area contributed by atoms with Crippen molar-refractivity contribution in [1.29, 1.82) is 0 Å². The molecule has 1 atom stereocenters. The van der Waals surface area contributed by atoms with Crippen LogP contribution in [0.4, 0.5) is 5.82 Å². The minimum Gasteiger partial charge on any atom is -0.389 e. The molecule has 1 aromatic heterocycles. The zero-order valence-electron chi connectivity index (χ0n) is 9.18. The van der Waals surface area contributed by atoms with E-state index in [1.54, 1.807) is 12.3 Å². The van der Waals surface area contributed by atoms with E-state index in [9.17, 15) is 0 Å². The number of rotatable bonds is 3. The van der Waals surface area contributed by atoms with Crippen LogP contribution < -0.4 is 11.1 Å². The lowest BCUT2D eigenvalue weighted by molar-refractivity contribution is 0.414. The van der Waals surface area contributed by atoms with Crippen LogP contribution >= 0.6 is 12.2 Å². The maximum absolute atomic E-state index is 5.63. The number of nitrogens with two attached hydrogens (primary N) is 1. The third-order valence-electron chi connectivity index (χ3n) is 2.72. The van der Waals surface area contributed by atoms with Crippen molar-refractivity contribution < 1.29 is 0 Å². The summed E-state index contributed by atoms with van der Waals surface area (Å²) in [7, 11) is 2.10. The first-order valence-electron chi connectivity index (χ1n) is 5.23. The molecule has 0 aromatic carbocycles. The number of nitrogens with zero attached hydrogens (tertiary/aromatic N) is 3. The highest BCUT2D eigenvalue weighted by atomic mass is 32.1. The second-order valence-electron chi connectivity index (χ2n) is 4.05. The highest BCUT2D eigenvalue weighted by molar-refractivity contribution is 7.80. The van der Waals surface area contributed by atoms with Gasteiger partial charge in [0, 0.05) is 12.6 Å². The van der Waals surface area contributed by atoms with Gasteiger partial charge in [-0.3, -0.25) is 0 Å². The normalized spacial score (nSPS) is 20.9. The Morgan fingerprint density at radius 3 is 3.12 bits per heavy atom. The van der Waals surface area contributed by atoms with E-state index in [2.05, 4.69) is 27.5 Å². The van der Waals surface area contributed by atoms with Gasteiger partial charge in [-0.15, -0.1) is 5.10 Å². The Labute approximate surface area is 100 Å². The molecule has 1 aromatic rings. The minimum absolute atomic E-state index is 0.351. The van der Waals surface area contributed by atoms with Gasteiger partial charge < -0.3 is 16.0 Å². The molecule has 86 valence electrons. The van der Waals surface area contributed by atoms with E-state index in [1.807, 2.05) is 0 Å². The molecule has 5 nitrogen and oxygen atoms in total. The predicted octanol–water partition coefficient (Wildman–Crippen LogP) is 0.227. The largest absolute Gasteiger partial charge is 0.389 e. The van der Waals surface area contributed by atoms with Crippen LogP contribution in [0.25, 0.3) is 0 Å². The molecule has 0 aliphatic carbocycles. The van der Waals surface area contributed by atoms with Crippen molar-refractivity contribution >= 4 is 23.0 Å². The first-order valence-corrected chi connectivity index (χ1v) is 5.64. The van der Waals surface area contributed by atoms with Crippen molar-refractivity contribution in [1.82, 2.24) is 15.1 Å². The lowest BCUT2D eigenvalue weighted by Crippen LogP contribution is -2.26. The molecule has 2 heterocycles. The van der Waals surface area contributed by atoms with Gasteiger partial charge in [0.1, 0.15) is 4.99 Å². The quantitative estimate of drug-likeness (QED) is 0.733. The Morgan fingerprint density at radius 1 is 1.69 bits per heavy atom. The molecule has 1 aliphatic heterocycles. The van der Waals surface area contributed by atoms with E-state index < -0.39 is 0 Å². The lowest BCUT2D eigenvalue weighted by atomic mass is 10.2. The van der Waals surface area contributed by atoms with Crippen molar-refractivity contribution in [3.05, 3.63) is 17.8 Å². The first-order chi connectivity index (χ1) is 7.66. The van der Waals surface area contributed by atoms with Gasteiger partial charge in [0.2, 0.25) is 0 Å².